The van der Waals surface area contributed by atoms with Crippen LogP contribution in [0.25, 0.3) is 10.9 Å². The SMILES string of the molecule is CC1(C)C[C@@H](CC(NC(=O)C(CC2CC2)NC(=O)c2cc3ccc(F)c(Cl)c3[nH]2)C(N)=O)C(=O)N1. The molecule has 11 heteroatoms. The lowest BCUT2D eigenvalue weighted by Crippen LogP contribution is -2.53. The van der Waals surface area contributed by atoms with Gasteiger partial charge < -0.3 is 26.7 Å². The smallest absolute Gasteiger partial charge is 0.268 e. The number of carbonyl (C=O) groups excluding carboxylic acids is 4. The van der Waals surface area contributed by atoms with Crippen molar-refractivity contribution in [2.24, 2.45) is 17.6 Å². The van der Waals surface area contributed by atoms with Crippen molar-refractivity contribution in [1.82, 2.24) is 20.9 Å². The fourth-order valence-electron chi connectivity index (χ4n) is 4.60. The number of primary amides is 1. The third-order valence-electron chi connectivity index (χ3n) is 6.59. The van der Waals surface area contributed by atoms with Crippen LogP contribution in [0.4, 0.5) is 4.39 Å². The van der Waals surface area contributed by atoms with E-state index in [9.17, 15) is 23.6 Å². The first-order valence-electron chi connectivity index (χ1n) is 11.6. The minimum atomic E-state index is -1.05. The molecule has 6 N–H and O–H groups in total. The van der Waals surface area contributed by atoms with E-state index in [1.54, 1.807) is 0 Å². The van der Waals surface area contributed by atoms with E-state index < -0.39 is 47.1 Å². The van der Waals surface area contributed by atoms with Crippen molar-refractivity contribution in [2.75, 3.05) is 0 Å². The average molecular weight is 506 g/mol. The van der Waals surface area contributed by atoms with Crippen LogP contribution < -0.4 is 21.7 Å². The van der Waals surface area contributed by atoms with E-state index in [1.165, 1.54) is 18.2 Å². The number of H-pyrrole nitrogens is 1. The Balaban J connectivity index is 1.46. The van der Waals surface area contributed by atoms with Crippen molar-refractivity contribution in [1.29, 1.82) is 0 Å². The standard InChI is InChI=1S/C24H29ClFN5O4/c1-24(2)10-13(21(33)31-24)9-15(20(27)32)29-22(34)16(7-11-3-4-11)30-23(35)17-8-12-5-6-14(26)18(25)19(12)28-17/h5-6,8,11,13,15-16,28H,3-4,7,9-10H2,1-2H3,(H2,27,32)(H,29,34)(H,30,35)(H,31,33)/t13-,15?,16?/m1/s1. The molecule has 4 amide bonds. The molecule has 1 aliphatic carbocycles. The van der Waals surface area contributed by atoms with Gasteiger partial charge in [0.25, 0.3) is 5.91 Å². The highest BCUT2D eigenvalue weighted by Crippen LogP contribution is 2.34. The van der Waals surface area contributed by atoms with E-state index in [-0.39, 0.29) is 34.5 Å². The summed E-state index contributed by atoms with van der Waals surface area (Å²) in [5.41, 5.74) is 5.54. The minimum Gasteiger partial charge on any atom is -0.368 e. The van der Waals surface area contributed by atoms with Crippen LogP contribution >= 0.6 is 11.6 Å². The summed E-state index contributed by atoms with van der Waals surface area (Å²) in [6.07, 6.45) is 2.87. The van der Waals surface area contributed by atoms with Gasteiger partial charge in [0.2, 0.25) is 17.7 Å². The summed E-state index contributed by atoms with van der Waals surface area (Å²) < 4.78 is 13.8. The Bertz CT molecular complexity index is 1190. The maximum atomic E-state index is 13.8. The van der Waals surface area contributed by atoms with Crippen molar-refractivity contribution in [3.63, 3.8) is 0 Å². The third kappa shape index (κ3) is 5.75. The quantitative estimate of drug-likeness (QED) is 0.355. The fraction of sp³-hybridized carbons (Fsp3) is 0.500. The zero-order valence-corrected chi connectivity index (χ0v) is 20.3. The molecule has 2 unspecified atom stereocenters. The molecule has 9 nitrogen and oxygen atoms in total. The van der Waals surface area contributed by atoms with E-state index >= 15 is 0 Å². The number of benzene rings is 1. The minimum absolute atomic E-state index is 0.0759. The molecule has 3 atom stereocenters. The van der Waals surface area contributed by atoms with E-state index in [1.807, 2.05) is 13.8 Å². The van der Waals surface area contributed by atoms with Gasteiger partial charge in [-0.15, -0.1) is 0 Å². The normalized spacial score (nSPS) is 20.8. The van der Waals surface area contributed by atoms with Gasteiger partial charge in [0, 0.05) is 16.8 Å². The van der Waals surface area contributed by atoms with Gasteiger partial charge in [-0.25, -0.2) is 4.39 Å². The first-order chi connectivity index (χ1) is 16.4. The highest BCUT2D eigenvalue weighted by atomic mass is 35.5. The number of carbonyl (C=O) groups is 4. The lowest BCUT2D eigenvalue weighted by molar-refractivity contribution is -0.130. The Morgan fingerprint density at radius 1 is 1.20 bits per heavy atom. The van der Waals surface area contributed by atoms with E-state index in [0.717, 1.165) is 12.8 Å². The highest BCUT2D eigenvalue weighted by molar-refractivity contribution is 6.35. The van der Waals surface area contributed by atoms with Crippen molar-refractivity contribution < 1.29 is 23.6 Å². The number of nitrogens with two attached hydrogens (primary N) is 1. The van der Waals surface area contributed by atoms with Gasteiger partial charge in [-0.05, 0) is 57.2 Å². The summed E-state index contributed by atoms with van der Waals surface area (Å²) in [6.45, 7) is 3.77. The first kappa shape index (κ1) is 25.0. The Kier molecular flexibility index (Phi) is 6.77. The van der Waals surface area contributed by atoms with Crippen molar-refractivity contribution in [3.05, 3.63) is 34.7 Å². The molecule has 4 rings (SSSR count). The summed E-state index contributed by atoms with van der Waals surface area (Å²) in [7, 11) is 0. The molecule has 0 spiro atoms. The third-order valence-corrected chi connectivity index (χ3v) is 6.96. The van der Waals surface area contributed by atoms with Gasteiger partial charge in [0.1, 0.15) is 28.6 Å². The topological polar surface area (TPSA) is 146 Å². The predicted octanol–water partition coefficient (Wildman–Crippen LogP) is 2.13. The van der Waals surface area contributed by atoms with Crippen LogP contribution in [0.15, 0.2) is 18.2 Å². The summed E-state index contributed by atoms with van der Waals surface area (Å²) in [5.74, 6) is -2.85. The second-order valence-corrected chi connectivity index (χ2v) is 10.6. The number of hydrogen-bond acceptors (Lipinski definition) is 4. The molecular formula is C24H29ClFN5O4. The molecule has 0 bridgehead atoms. The number of nitrogens with one attached hydrogen (secondary N) is 4. The molecule has 2 fully saturated rings. The van der Waals surface area contributed by atoms with Crippen LogP contribution in [-0.2, 0) is 14.4 Å². The number of amides is 4. The van der Waals surface area contributed by atoms with Crippen LogP contribution in [-0.4, -0.2) is 46.2 Å². The molecule has 35 heavy (non-hydrogen) atoms. The average Bonchev–Trinajstić information content (AvgIpc) is 3.41. The van der Waals surface area contributed by atoms with E-state index in [4.69, 9.17) is 17.3 Å². The molecule has 1 aromatic carbocycles. The Hall–Kier alpha value is -3.14. The summed E-state index contributed by atoms with van der Waals surface area (Å²) >= 11 is 5.99. The van der Waals surface area contributed by atoms with Crippen LogP contribution in [0.1, 0.15) is 56.4 Å². The number of rotatable bonds is 9. The largest absolute Gasteiger partial charge is 0.368 e. The van der Waals surface area contributed by atoms with Gasteiger partial charge >= 0.3 is 0 Å². The van der Waals surface area contributed by atoms with Crippen LogP contribution in [0.2, 0.25) is 5.02 Å². The first-order valence-corrected chi connectivity index (χ1v) is 12.0. The van der Waals surface area contributed by atoms with Crippen LogP contribution in [0, 0.1) is 17.7 Å². The summed E-state index contributed by atoms with van der Waals surface area (Å²) in [4.78, 5) is 53.2. The van der Waals surface area contributed by atoms with E-state index in [0.29, 0.717) is 18.2 Å². The molecule has 2 aliphatic rings. The van der Waals surface area contributed by atoms with Crippen LogP contribution in [0.3, 0.4) is 0 Å². The molecule has 188 valence electrons. The lowest BCUT2D eigenvalue weighted by Gasteiger charge is -2.23. The predicted molar refractivity (Wildman–Crippen MR) is 128 cm³/mol. The lowest BCUT2D eigenvalue weighted by atomic mass is 9.91. The second-order valence-electron chi connectivity index (χ2n) is 10.2. The van der Waals surface area contributed by atoms with E-state index in [2.05, 4.69) is 20.9 Å². The molecule has 2 heterocycles. The Morgan fingerprint density at radius 3 is 2.51 bits per heavy atom. The molecule has 0 radical (unpaired) electrons. The maximum Gasteiger partial charge on any atom is 0.268 e. The molecule has 1 saturated heterocycles. The molecule has 2 aromatic rings. The van der Waals surface area contributed by atoms with Crippen molar-refractivity contribution in [3.8, 4) is 0 Å². The maximum absolute atomic E-state index is 13.8. The molecule has 1 aliphatic heterocycles. The van der Waals surface area contributed by atoms with Gasteiger partial charge in [-0.2, -0.15) is 0 Å². The number of hydrogen-bond donors (Lipinski definition) is 5. The molecule has 1 aromatic heterocycles. The Morgan fingerprint density at radius 2 is 1.91 bits per heavy atom. The summed E-state index contributed by atoms with van der Waals surface area (Å²) in [5, 5.41) is 8.63. The second kappa shape index (κ2) is 9.49. The van der Waals surface area contributed by atoms with Crippen molar-refractivity contribution >= 4 is 46.1 Å². The monoisotopic (exact) mass is 505 g/mol. The number of aromatic nitrogens is 1. The highest BCUT2D eigenvalue weighted by Gasteiger charge is 2.40. The number of aromatic amines is 1. The molecular weight excluding hydrogens is 477 g/mol. The zero-order chi connectivity index (χ0) is 25.5. The summed E-state index contributed by atoms with van der Waals surface area (Å²) in [6, 6.07) is 2.26. The number of halogens is 2. The van der Waals surface area contributed by atoms with Gasteiger partial charge in [0.15, 0.2) is 0 Å². The Labute approximate surface area is 206 Å². The molecule has 1 saturated carbocycles. The van der Waals surface area contributed by atoms with Crippen LogP contribution in [0.5, 0.6) is 0 Å². The zero-order valence-electron chi connectivity index (χ0n) is 19.5. The van der Waals surface area contributed by atoms with Gasteiger partial charge in [-0.1, -0.05) is 24.4 Å². The fourth-order valence-corrected chi connectivity index (χ4v) is 4.82. The van der Waals surface area contributed by atoms with Gasteiger partial charge in [-0.3, -0.25) is 19.2 Å². The number of fused-ring (bicyclic) bond motifs is 1. The van der Waals surface area contributed by atoms with Crippen molar-refractivity contribution in [2.45, 2.75) is 63.6 Å². The van der Waals surface area contributed by atoms with Gasteiger partial charge in [0.05, 0.1) is 5.52 Å².